The average molecular weight is 504 g/mol. The Labute approximate surface area is 217 Å². The SMILES string of the molecule is Nc1ncnc2c1c(-c1cccc(OCC34CCC(CC3)O4)c1)cn2[C@H]1CC[C@H](N2CC[C@@H](O)C2)CC1. The molecule has 5 heterocycles. The summed E-state index contributed by atoms with van der Waals surface area (Å²) in [6, 6.07) is 9.25. The van der Waals surface area contributed by atoms with Gasteiger partial charge in [0.2, 0.25) is 0 Å². The molecule has 37 heavy (non-hydrogen) atoms. The second-order valence-electron chi connectivity index (χ2n) is 11.6. The maximum Gasteiger partial charge on any atom is 0.146 e. The number of aliphatic hydroxyl groups excluding tert-OH is 1. The molecule has 4 fully saturated rings. The highest BCUT2D eigenvalue weighted by molar-refractivity contribution is 6.00. The van der Waals surface area contributed by atoms with Gasteiger partial charge in [0.15, 0.2) is 0 Å². The predicted octanol–water partition coefficient (Wildman–Crippen LogP) is 4.32. The summed E-state index contributed by atoms with van der Waals surface area (Å²) in [6.45, 7) is 2.45. The number of ether oxygens (including phenoxy) is 2. The van der Waals surface area contributed by atoms with Gasteiger partial charge >= 0.3 is 0 Å². The summed E-state index contributed by atoms with van der Waals surface area (Å²) in [7, 11) is 0. The smallest absolute Gasteiger partial charge is 0.146 e. The first-order chi connectivity index (χ1) is 18.1. The standard InChI is InChI=1S/C29H37N5O3/c30-27-26-25(19-2-1-3-24(14-19)36-17-29-11-8-23(37-29)9-12-29)16-34(28(26)32-18-31-27)21-6-4-20(5-7-21)33-13-10-22(35)15-33/h1-3,14,16,18,20-23,35H,4-13,15,17H2,(H2,30,31,32)/t20-,21-,22-,23?,29?/m1/s1. The Hall–Kier alpha value is -2.68. The van der Waals surface area contributed by atoms with Gasteiger partial charge in [-0.25, -0.2) is 9.97 Å². The molecule has 3 aliphatic heterocycles. The number of rotatable bonds is 6. The zero-order valence-corrected chi connectivity index (χ0v) is 21.4. The summed E-state index contributed by atoms with van der Waals surface area (Å²) in [5, 5.41) is 10.9. The van der Waals surface area contributed by atoms with Crippen molar-refractivity contribution in [2.45, 2.75) is 87.7 Å². The van der Waals surface area contributed by atoms with Crippen molar-refractivity contribution in [1.82, 2.24) is 19.4 Å². The third-order valence-corrected chi connectivity index (χ3v) is 9.32. The Morgan fingerprint density at radius 3 is 2.59 bits per heavy atom. The van der Waals surface area contributed by atoms with E-state index in [-0.39, 0.29) is 11.7 Å². The minimum absolute atomic E-state index is 0.0963. The zero-order chi connectivity index (χ0) is 25.0. The maximum atomic E-state index is 9.96. The van der Waals surface area contributed by atoms with Crippen LogP contribution in [0.2, 0.25) is 0 Å². The fraction of sp³-hybridized carbons (Fsp3) is 0.586. The Kier molecular flexibility index (Phi) is 5.86. The Balaban J connectivity index is 1.14. The van der Waals surface area contributed by atoms with E-state index in [1.54, 1.807) is 6.33 Å². The lowest BCUT2D eigenvalue weighted by molar-refractivity contribution is -0.0198. The molecule has 1 saturated carbocycles. The Morgan fingerprint density at radius 2 is 1.86 bits per heavy atom. The van der Waals surface area contributed by atoms with Crippen LogP contribution in [-0.2, 0) is 4.74 Å². The number of nitrogens with zero attached hydrogens (tertiary/aromatic N) is 4. The van der Waals surface area contributed by atoms with Crippen molar-refractivity contribution in [1.29, 1.82) is 0 Å². The monoisotopic (exact) mass is 503 g/mol. The first-order valence-electron chi connectivity index (χ1n) is 14.0. The summed E-state index contributed by atoms with van der Waals surface area (Å²) in [5.74, 6) is 1.37. The molecule has 3 saturated heterocycles. The van der Waals surface area contributed by atoms with Crippen LogP contribution in [0.4, 0.5) is 5.82 Å². The van der Waals surface area contributed by atoms with Crippen LogP contribution in [0.15, 0.2) is 36.8 Å². The number of aromatic nitrogens is 3. The van der Waals surface area contributed by atoms with Gasteiger partial charge in [0, 0.05) is 36.9 Å². The van der Waals surface area contributed by atoms with Gasteiger partial charge in [0.05, 0.1) is 17.6 Å². The Bertz CT molecular complexity index is 1280. The van der Waals surface area contributed by atoms with Crippen molar-refractivity contribution in [2.75, 3.05) is 25.4 Å². The molecule has 0 spiro atoms. The number of β-amino-alcohol motifs (C(OH)–C–C–N with tert-alkyl or cyclic N) is 1. The van der Waals surface area contributed by atoms with Gasteiger partial charge in [-0.05, 0) is 75.5 Å². The minimum atomic E-state index is -0.159. The van der Waals surface area contributed by atoms with E-state index in [9.17, 15) is 5.11 Å². The van der Waals surface area contributed by atoms with E-state index in [2.05, 4.69) is 37.8 Å². The molecule has 3 N–H and O–H groups in total. The van der Waals surface area contributed by atoms with E-state index in [1.165, 1.54) is 0 Å². The fourth-order valence-corrected chi connectivity index (χ4v) is 7.26. The van der Waals surface area contributed by atoms with Crippen LogP contribution in [-0.4, -0.2) is 68.1 Å². The predicted molar refractivity (Wildman–Crippen MR) is 142 cm³/mol. The van der Waals surface area contributed by atoms with E-state index in [1.807, 2.05) is 12.1 Å². The number of hydrogen-bond donors (Lipinski definition) is 2. The van der Waals surface area contributed by atoms with E-state index in [0.29, 0.717) is 30.6 Å². The van der Waals surface area contributed by atoms with Gasteiger partial charge in [-0.3, -0.25) is 4.90 Å². The molecule has 1 aliphatic carbocycles. The third-order valence-electron chi connectivity index (χ3n) is 9.32. The van der Waals surface area contributed by atoms with Gasteiger partial charge in [0.1, 0.15) is 35.7 Å². The van der Waals surface area contributed by atoms with Crippen LogP contribution in [0.25, 0.3) is 22.2 Å². The summed E-state index contributed by atoms with van der Waals surface area (Å²) >= 11 is 0. The lowest BCUT2D eigenvalue weighted by Gasteiger charge is -2.35. The van der Waals surface area contributed by atoms with E-state index in [0.717, 1.165) is 98.8 Å². The minimum Gasteiger partial charge on any atom is -0.491 e. The highest BCUT2D eigenvalue weighted by Crippen LogP contribution is 2.44. The average Bonchev–Trinajstić information content (AvgIpc) is 3.72. The fourth-order valence-electron chi connectivity index (χ4n) is 7.26. The molecule has 0 amide bonds. The summed E-state index contributed by atoms with van der Waals surface area (Å²) in [4.78, 5) is 11.5. The number of aliphatic hydroxyl groups is 1. The van der Waals surface area contributed by atoms with Crippen LogP contribution in [0.5, 0.6) is 5.75 Å². The quantitative estimate of drug-likeness (QED) is 0.517. The molecule has 3 aromatic rings. The summed E-state index contributed by atoms with van der Waals surface area (Å²) < 4.78 is 14.8. The molecule has 1 aromatic carbocycles. The molecule has 7 rings (SSSR count). The normalized spacial score (nSPS) is 31.9. The molecule has 2 aromatic heterocycles. The molecule has 2 bridgehead atoms. The number of benzene rings is 1. The topological polar surface area (TPSA) is 98.7 Å². The van der Waals surface area contributed by atoms with Gasteiger partial charge in [-0.15, -0.1) is 0 Å². The Morgan fingerprint density at radius 1 is 1.05 bits per heavy atom. The van der Waals surface area contributed by atoms with E-state index in [4.69, 9.17) is 15.2 Å². The highest BCUT2D eigenvalue weighted by atomic mass is 16.6. The van der Waals surface area contributed by atoms with Crippen molar-refractivity contribution in [3.8, 4) is 16.9 Å². The van der Waals surface area contributed by atoms with Gasteiger partial charge in [-0.1, -0.05) is 12.1 Å². The van der Waals surface area contributed by atoms with E-state index < -0.39 is 0 Å². The number of nitrogen functional groups attached to an aromatic ring is 1. The number of fused-ring (bicyclic) bond motifs is 3. The number of anilines is 1. The second kappa shape index (κ2) is 9.26. The molecular formula is C29H37N5O3. The van der Waals surface area contributed by atoms with Crippen LogP contribution < -0.4 is 10.5 Å². The second-order valence-corrected chi connectivity index (χ2v) is 11.6. The third kappa shape index (κ3) is 4.29. The number of likely N-dealkylation sites (tertiary alicyclic amines) is 1. The number of hydrogen-bond acceptors (Lipinski definition) is 7. The first kappa shape index (κ1) is 23.4. The van der Waals surface area contributed by atoms with Crippen molar-refractivity contribution in [3.05, 3.63) is 36.8 Å². The molecule has 8 nitrogen and oxygen atoms in total. The van der Waals surface area contributed by atoms with Crippen molar-refractivity contribution < 1.29 is 14.6 Å². The van der Waals surface area contributed by atoms with Crippen LogP contribution in [0.3, 0.4) is 0 Å². The largest absolute Gasteiger partial charge is 0.491 e. The molecule has 4 aliphatic rings. The molecular weight excluding hydrogens is 466 g/mol. The maximum absolute atomic E-state index is 9.96. The van der Waals surface area contributed by atoms with Gasteiger partial charge in [-0.2, -0.15) is 0 Å². The number of nitrogens with two attached hydrogens (primary N) is 1. The molecule has 8 heteroatoms. The summed E-state index contributed by atoms with van der Waals surface area (Å²) in [5.41, 5.74) is 9.36. The molecule has 0 radical (unpaired) electrons. The van der Waals surface area contributed by atoms with Gasteiger partial charge < -0.3 is 24.9 Å². The molecule has 196 valence electrons. The van der Waals surface area contributed by atoms with Crippen LogP contribution >= 0.6 is 0 Å². The van der Waals surface area contributed by atoms with Crippen LogP contribution in [0, 0.1) is 0 Å². The highest BCUT2D eigenvalue weighted by Gasteiger charge is 2.46. The van der Waals surface area contributed by atoms with E-state index >= 15 is 0 Å². The lowest BCUT2D eigenvalue weighted by atomic mass is 9.89. The summed E-state index contributed by atoms with van der Waals surface area (Å²) in [6.07, 6.45) is 13.9. The van der Waals surface area contributed by atoms with Gasteiger partial charge in [0.25, 0.3) is 0 Å². The van der Waals surface area contributed by atoms with Crippen molar-refractivity contribution in [2.24, 2.45) is 0 Å². The lowest BCUT2D eigenvalue weighted by Crippen LogP contribution is -2.37. The van der Waals surface area contributed by atoms with Crippen molar-refractivity contribution >= 4 is 16.9 Å². The first-order valence-corrected chi connectivity index (χ1v) is 14.0. The molecule has 1 atom stereocenters. The van der Waals surface area contributed by atoms with Crippen molar-refractivity contribution in [3.63, 3.8) is 0 Å². The zero-order valence-electron chi connectivity index (χ0n) is 21.4. The molecule has 0 unspecified atom stereocenters. The van der Waals surface area contributed by atoms with Crippen LogP contribution in [0.1, 0.15) is 63.8 Å².